The van der Waals surface area contributed by atoms with Gasteiger partial charge in [-0.25, -0.2) is 19.3 Å². The van der Waals surface area contributed by atoms with Crippen LogP contribution < -0.4 is 0 Å². The van der Waals surface area contributed by atoms with Crippen molar-refractivity contribution in [3.63, 3.8) is 0 Å². The van der Waals surface area contributed by atoms with E-state index in [4.69, 9.17) is 4.98 Å². The molecule has 6 heteroatoms. The second-order valence-electron chi connectivity index (χ2n) is 9.40. The number of aromatic amines is 1. The third-order valence-corrected chi connectivity index (χ3v) is 6.43. The zero-order chi connectivity index (χ0) is 27.2. The molecule has 1 saturated heterocycles. The van der Waals surface area contributed by atoms with E-state index in [0.717, 1.165) is 54.2 Å². The number of likely N-dealkylation sites (tertiary alicyclic amines) is 1. The Labute approximate surface area is 223 Å². The van der Waals surface area contributed by atoms with E-state index in [-0.39, 0.29) is 5.82 Å². The summed E-state index contributed by atoms with van der Waals surface area (Å²) in [6, 6.07) is 8.34. The summed E-state index contributed by atoms with van der Waals surface area (Å²) in [7, 11) is 0. The van der Waals surface area contributed by atoms with Crippen molar-refractivity contribution in [3.05, 3.63) is 66.3 Å². The summed E-state index contributed by atoms with van der Waals surface area (Å²) in [6.07, 6.45) is 10.3. The van der Waals surface area contributed by atoms with Crippen LogP contribution in [0.5, 0.6) is 0 Å². The Hall–Kier alpha value is -3.02. The predicted molar refractivity (Wildman–Crippen MR) is 154 cm³/mol. The van der Waals surface area contributed by atoms with Crippen molar-refractivity contribution < 1.29 is 4.39 Å². The van der Waals surface area contributed by atoms with E-state index >= 15 is 0 Å². The van der Waals surface area contributed by atoms with Gasteiger partial charge >= 0.3 is 0 Å². The minimum atomic E-state index is -0.251. The van der Waals surface area contributed by atoms with Crippen molar-refractivity contribution in [1.29, 1.82) is 0 Å². The molecule has 202 valence electrons. The number of halogens is 1. The summed E-state index contributed by atoms with van der Waals surface area (Å²) in [4.78, 5) is 19.5. The lowest BCUT2D eigenvalue weighted by Crippen LogP contribution is -2.27. The Morgan fingerprint density at radius 3 is 2.14 bits per heavy atom. The van der Waals surface area contributed by atoms with Crippen LogP contribution in [0.4, 0.5) is 4.39 Å². The fraction of sp³-hybridized carbons (Fsp3) is 0.516. The van der Waals surface area contributed by atoms with E-state index in [2.05, 4.69) is 47.2 Å². The highest BCUT2D eigenvalue weighted by molar-refractivity contribution is 5.76. The van der Waals surface area contributed by atoms with Gasteiger partial charge in [-0.1, -0.05) is 47.1 Å². The van der Waals surface area contributed by atoms with Crippen molar-refractivity contribution in [2.45, 2.75) is 92.4 Å². The molecule has 0 aliphatic carbocycles. The van der Waals surface area contributed by atoms with Gasteiger partial charge in [0.05, 0.1) is 17.1 Å². The van der Waals surface area contributed by atoms with Gasteiger partial charge in [0.15, 0.2) is 0 Å². The van der Waals surface area contributed by atoms with Crippen molar-refractivity contribution in [3.8, 4) is 22.6 Å². The lowest BCUT2D eigenvalue weighted by Gasteiger charge is -2.28. The highest BCUT2D eigenvalue weighted by Gasteiger charge is 2.20. The first-order valence-corrected chi connectivity index (χ1v) is 14.0. The quantitative estimate of drug-likeness (QED) is 0.331. The number of nitrogens with one attached hydrogen (secondary N) is 1. The van der Waals surface area contributed by atoms with Gasteiger partial charge in [-0.2, -0.15) is 0 Å². The Kier molecular flexibility index (Phi) is 13.0. The highest BCUT2D eigenvalue weighted by atomic mass is 19.1. The summed E-state index contributed by atoms with van der Waals surface area (Å²) >= 11 is 0. The Balaban J connectivity index is 0.000000367. The second-order valence-corrected chi connectivity index (χ2v) is 9.40. The maximum Gasteiger partial charge on any atom is 0.125 e. The number of benzene rings is 1. The fourth-order valence-corrected chi connectivity index (χ4v) is 4.57. The molecule has 0 atom stereocenters. The van der Waals surface area contributed by atoms with Crippen LogP contribution in [0.2, 0.25) is 0 Å². The number of aryl methyl sites for hydroxylation is 1. The number of allylic oxidation sites excluding steroid dienone is 1. The molecule has 0 bridgehead atoms. The number of imidazole rings is 1. The van der Waals surface area contributed by atoms with Gasteiger partial charge in [-0.05, 0) is 76.3 Å². The zero-order valence-corrected chi connectivity index (χ0v) is 23.8. The molecule has 1 aromatic carbocycles. The monoisotopic (exact) mass is 507 g/mol. The minimum absolute atomic E-state index is 0.251. The van der Waals surface area contributed by atoms with Crippen molar-refractivity contribution in [2.75, 3.05) is 13.1 Å². The van der Waals surface area contributed by atoms with Crippen LogP contribution in [0.15, 0.2) is 48.8 Å². The van der Waals surface area contributed by atoms with Crippen molar-refractivity contribution in [2.24, 2.45) is 0 Å². The van der Waals surface area contributed by atoms with Gasteiger partial charge in [0, 0.05) is 36.5 Å². The van der Waals surface area contributed by atoms with Gasteiger partial charge in [-0.3, -0.25) is 0 Å². The van der Waals surface area contributed by atoms with Crippen LogP contribution in [-0.4, -0.2) is 37.9 Å². The maximum atomic E-state index is 13.4. The molecule has 1 aliphatic heterocycles. The number of hydrogen-bond acceptors (Lipinski definition) is 4. The summed E-state index contributed by atoms with van der Waals surface area (Å²) in [5.74, 6) is 1.83. The van der Waals surface area contributed by atoms with E-state index in [1.807, 2.05) is 26.8 Å². The third kappa shape index (κ3) is 9.10. The SMILES string of the molecule is C=C(C)N1CCCCC1.CC.CCCC(CCC)c1nc(-c2ccc(F)cc2)c(-c2ccnc(C)n2)[nH]1. The van der Waals surface area contributed by atoms with E-state index in [1.165, 1.54) is 50.2 Å². The standard InChI is InChI=1S/C21H25FN4.C8H15N.C2H6/c1-4-6-16(7-5-2)21-25-19(15-8-10-17(22)11-9-15)20(26-21)18-12-13-23-14(3)24-18;1-8(2)9-6-4-3-5-7-9;1-2/h8-13,16H,4-7H2,1-3H3,(H,25,26);1,3-7H2,2H3;1-2H3. The summed E-state index contributed by atoms with van der Waals surface area (Å²) in [6.45, 7) is 18.7. The van der Waals surface area contributed by atoms with Gasteiger partial charge in [0.25, 0.3) is 0 Å². The molecule has 5 nitrogen and oxygen atoms in total. The number of piperidine rings is 1. The van der Waals surface area contributed by atoms with Gasteiger partial charge in [0.2, 0.25) is 0 Å². The van der Waals surface area contributed by atoms with Crippen molar-refractivity contribution >= 4 is 0 Å². The molecule has 1 N–H and O–H groups in total. The van der Waals surface area contributed by atoms with Crippen LogP contribution in [0.3, 0.4) is 0 Å². The molecule has 3 heterocycles. The smallest absolute Gasteiger partial charge is 0.125 e. The van der Waals surface area contributed by atoms with E-state index in [0.29, 0.717) is 11.7 Å². The summed E-state index contributed by atoms with van der Waals surface area (Å²) < 4.78 is 13.4. The normalized spacial score (nSPS) is 12.9. The fourth-order valence-electron chi connectivity index (χ4n) is 4.57. The molecule has 0 amide bonds. The summed E-state index contributed by atoms with van der Waals surface area (Å²) in [5.41, 5.74) is 4.61. The molecule has 4 rings (SSSR count). The average Bonchev–Trinajstić information content (AvgIpc) is 3.36. The number of hydrogen-bond donors (Lipinski definition) is 1. The van der Waals surface area contributed by atoms with Crippen LogP contribution >= 0.6 is 0 Å². The minimum Gasteiger partial charge on any atom is -0.376 e. The number of nitrogens with zero attached hydrogens (tertiary/aromatic N) is 4. The highest BCUT2D eigenvalue weighted by Crippen LogP contribution is 2.33. The number of rotatable bonds is 8. The zero-order valence-electron chi connectivity index (χ0n) is 23.8. The first-order chi connectivity index (χ1) is 17.9. The molecular weight excluding hydrogens is 461 g/mol. The molecule has 3 aromatic rings. The van der Waals surface area contributed by atoms with E-state index < -0.39 is 0 Å². The lowest BCUT2D eigenvalue weighted by atomic mass is 9.98. The summed E-state index contributed by atoms with van der Waals surface area (Å²) in [5, 5.41) is 0. The molecule has 0 spiro atoms. The van der Waals surface area contributed by atoms with Gasteiger partial charge in [-0.15, -0.1) is 0 Å². The molecule has 0 saturated carbocycles. The molecular formula is C31H46FN5. The number of H-pyrrole nitrogens is 1. The Morgan fingerprint density at radius 2 is 1.62 bits per heavy atom. The first kappa shape index (κ1) is 30.2. The Morgan fingerprint density at radius 1 is 1.00 bits per heavy atom. The van der Waals surface area contributed by atoms with E-state index in [1.54, 1.807) is 18.3 Å². The molecule has 0 radical (unpaired) electrons. The molecule has 2 aromatic heterocycles. The first-order valence-electron chi connectivity index (χ1n) is 14.0. The van der Waals surface area contributed by atoms with Crippen molar-refractivity contribution in [1.82, 2.24) is 24.8 Å². The van der Waals surface area contributed by atoms with Gasteiger partial charge in [0.1, 0.15) is 17.5 Å². The van der Waals surface area contributed by atoms with Crippen LogP contribution in [0, 0.1) is 12.7 Å². The molecule has 1 aliphatic rings. The lowest BCUT2D eigenvalue weighted by molar-refractivity contribution is 0.287. The third-order valence-electron chi connectivity index (χ3n) is 6.43. The molecule has 0 unspecified atom stereocenters. The molecule has 37 heavy (non-hydrogen) atoms. The Bertz CT molecular complexity index is 1060. The van der Waals surface area contributed by atoms with Crippen LogP contribution in [-0.2, 0) is 0 Å². The number of aromatic nitrogens is 4. The maximum absolute atomic E-state index is 13.4. The molecule has 1 fully saturated rings. The second kappa shape index (κ2) is 16.0. The van der Waals surface area contributed by atoms with Gasteiger partial charge < -0.3 is 9.88 Å². The largest absolute Gasteiger partial charge is 0.376 e. The van der Waals surface area contributed by atoms with Crippen LogP contribution in [0.25, 0.3) is 22.6 Å². The predicted octanol–water partition coefficient (Wildman–Crippen LogP) is 8.70. The topological polar surface area (TPSA) is 57.7 Å². The van der Waals surface area contributed by atoms with E-state index in [9.17, 15) is 4.39 Å². The average molecular weight is 508 g/mol. The van der Waals surface area contributed by atoms with Crippen LogP contribution in [0.1, 0.15) is 97.1 Å².